The molecule has 0 aromatic rings. The summed E-state index contributed by atoms with van der Waals surface area (Å²) in [4.78, 5) is 12.2. The van der Waals surface area contributed by atoms with Gasteiger partial charge in [-0.1, -0.05) is 142 Å². The predicted molar refractivity (Wildman–Crippen MR) is 147 cm³/mol. The number of allylic oxidation sites excluding steroid dienone is 1. The Hall–Kier alpha value is -0.870. The van der Waals surface area contributed by atoms with Crippen molar-refractivity contribution in [1.82, 2.24) is 5.32 Å². The molecule has 4 heteroatoms. The molecule has 4 nitrogen and oxygen atoms in total. The predicted octanol–water partition coefficient (Wildman–Crippen LogP) is 8.00. The maximum Gasteiger partial charge on any atom is 0.220 e. The maximum atomic E-state index is 12.2. The first-order valence-electron chi connectivity index (χ1n) is 14.9. The number of carbonyl (C=O) groups is 1. The number of rotatable bonds is 26. The molecule has 0 rings (SSSR count). The third-order valence-corrected chi connectivity index (χ3v) is 6.77. The van der Waals surface area contributed by atoms with Gasteiger partial charge in [0.15, 0.2) is 0 Å². The summed E-state index contributed by atoms with van der Waals surface area (Å²) in [5.74, 6) is -0.0682. The second-order valence-electron chi connectivity index (χ2n) is 10.2. The van der Waals surface area contributed by atoms with Crippen LogP contribution in [0, 0.1) is 0 Å². The second-order valence-corrected chi connectivity index (χ2v) is 10.2. The van der Waals surface area contributed by atoms with Crippen LogP contribution in [0.4, 0.5) is 0 Å². The number of aliphatic hydroxyl groups excluding tert-OH is 2. The van der Waals surface area contributed by atoms with Gasteiger partial charge in [0.1, 0.15) is 0 Å². The zero-order valence-corrected chi connectivity index (χ0v) is 22.9. The van der Waals surface area contributed by atoms with Crippen molar-refractivity contribution >= 4 is 5.91 Å². The minimum absolute atomic E-state index is 0.0682. The minimum Gasteiger partial charge on any atom is -0.394 e. The summed E-state index contributed by atoms with van der Waals surface area (Å²) in [6.45, 7) is 4.26. The number of nitrogens with one attached hydrogen (secondary N) is 1. The molecule has 0 unspecified atom stereocenters. The standard InChI is InChI=1S/C30H59NO3/c1-3-5-7-9-11-13-15-17-19-21-23-25-29(33)28(27-32)31-30(34)26-24-22-20-18-16-14-12-10-8-6-4-2/h23,25,28-29,32-33H,3-22,24,26-27H2,1-2H3,(H,31,34)/b25-23+/t28-,29+/m0/s1. The highest BCUT2D eigenvalue weighted by atomic mass is 16.3. The Kier molecular flexibility index (Phi) is 26.0. The van der Waals surface area contributed by atoms with Gasteiger partial charge in [-0.05, 0) is 19.3 Å². The number of aliphatic hydroxyl groups is 2. The van der Waals surface area contributed by atoms with Crippen LogP contribution in [0.15, 0.2) is 12.2 Å². The van der Waals surface area contributed by atoms with Gasteiger partial charge in [0.2, 0.25) is 5.91 Å². The van der Waals surface area contributed by atoms with Gasteiger partial charge in [-0.2, -0.15) is 0 Å². The van der Waals surface area contributed by atoms with Crippen LogP contribution in [-0.2, 0) is 4.79 Å². The van der Waals surface area contributed by atoms with Gasteiger partial charge in [-0.25, -0.2) is 0 Å². The fourth-order valence-electron chi connectivity index (χ4n) is 4.41. The maximum absolute atomic E-state index is 12.2. The normalized spacial score (nSPS) is 13.4. The van der Waals surface area contributed by atoms with Crippen LogP contribution in [0.25, 0.3) is 0 Å². The number of hydrogen-bond donors (Lipinski definition) is 3. The molecule has 0 aliphatic rings. The van der Waals surface area contributed by atoms with Crippen LogP contribution >= 0.6 is 0 Å². The molecular weight excluding hydrogens is 422 g/mol. The third kappa shape index (κ3) is 22.9. The molecule has 0 fully saturated rings. The van der Waals surface area contributed by atoms with Crippen molar-refractivity contribution in [2.24, 2.45) is 0 Å². The summed E-state index contributed by atoms with van der Waals surface area (Å²) in [5.41, 5.74) is 0. The molecule has 34 heavy (non-hydrogen) atoms. The Bertz CT molecular complexity index is 452. The monoisotopic (exact) mass is 481 g/mol. The molecule has 0 saturated heterocycles. The molecule has 0 aromatic heterocycles. The topological polar surface area (TPSA) is 69.6 Å². The first kappa shape index (κ1) is 33.1. The van der Waals surface area contributed by atoms with Crippen molar-refractivity contribution in [2.45, 2.75) is 167 Å². The van der Waals surface area contributed by atoms with E-state index in [1.165, 1.54) is 109 Å². The SMILES string of the molecule is CCCCCCCCCCC/C=C/[C@@H](O)[C@H](CO)NC(=O)CCCCCCCCCCCCC. The lowest BCUT2D eigenvalue weighted by atomic mass is 10.0. The largest absolute Gasteiger partial charge is 0.394 e. The lowest BCUT2D eigenvalue weighted by molar-refractivity contribution is -0.123. The number of amides is 1. The van der Waals surface area contributed by atoms with Crippen LogP contribution in [-0.4, -0.2) is 34.9 Å². The molecule has 0 heterocycles. The van der Waals surface area contributed by atoms with E-state index in [1.807, 2.05) is 6.08 Å². The van der Waals surface area contributed by atoms with Gasteiger partial charge < -0.3 is 15.5 Å². The van der Waals surface area contributed by atoms with E-state index in [2.05, 4.69) is 19.2 Å². The fourth-order valence-corrected chi connectivity index (χ4v) is 4.41. The van der Waals surface area contributed by atoms with E-state index in [9.17, 15) is 15.0 Å². The number of hydrogen-bond acceptors (Lipinski definition) is 3. The summed E-state index contributed by atoms with van der Waals surface area (Å²) >= 11 is 0. The number of carbonyl (C=O) groups excluding carboxylic acids is 1. The van der Waals surface area contributed by atoms with Crippen LogP contribution in [0.2, 0.25) is 0 Å². The molecule has 0 aliphatic heterocycles. The fraction of sp³-hybridized carbons (Fsp3) is 0.900. The Balaban J connectivity index is 3.69. The molecule has 0 spiro atoms. The lowest BCUT2D eigenvalue weighted by Crippen LogP contribution is -2.45. The quantitative estimate of drug-likeness (QED) is 0.0865. The summed E-state index contributed by atoms with van der Waals surface area (Å²) in [7, 11) is 0. The highest BCUT2D eigenvalue weighted by Gasteiger charge is 2.17. The molecule has 0 aromatic carbocycles. The molecule has 0 aliphatic carbocycles. The van der Waals surface area contributed by atoms with Crippen molar-refractivity contribution in [2.75, 3.05) is 6.61 Å². The van der Waals surface area contributed by atoms with Crippen molar-refractivity contribution in [3.8, 4) is 0 Å². The van der Waals surface area contributed by atoms with Crippen molar-refractivity contribution in [1.29, 1.82) is 0 Å². The van der Waals surface area contributed by atoms with Crippen molar-refractivity contribution < 1.29 is 15.0 Å². The van der Waals surface area contributed by atoms with Crippen LogP contribution in [0.3, 0.4) is 0 Å². The van der Waals surface area contributed by atoms with Gasteiger partial charge in [0.05, 0.1) is 18.8 Å². The Morgan fingerprint density at radius 2 is 1.09 bits per heavy atom. The van der Waals surface area contributed by atoms with E-state index in [0.29, 0.717) is 6.42 Å². The van der Waals surface area contributed by atoms with Crippen molar-refractivity contribution in [3.63, 3.8) is 0 Å². The third-order valence-electron chi connectivity index (χ3n) is 6.77. The van der Waals surface area contributed by atoms with E-state index < -0.39 is 12.1 Å². The van der Waals surface area contributed by atoms with Crippen LogP contribution in [0.5, 0.6) is 0 Å². The van der Waals surface area contributed by atoms with Crippen LogP contribution < -0.4 is 5.32 Å². The average molecular weight is 482 g/mol. The molecule has 1 amide bonds. The summed E-state index contributed by atoms with van der Waals surface area (Å²) in [6, 6.07) is -0.612. The lowest BCUT2D eigenvalue weighted by Gasteiger charge is -2.20. The molecule has 0 radical (unpaired) electrons. The zero-order valence-electron chi connectivity index (χ0n) is 22.9. The van der Waals surface area contributed by atoms with Gasteiger partial charge >= 0.3 is 0 Å². The number of unbranched alkanes of at least 4 members (excludes halogenated alkanes) is 19. The van der Waals surface area contributed by atoms with Gasteiger partial charge in [0, 0.05) is 6.42 Å². The molecular formula is C30H59NO3. The average Bonchev–Trinajstić information content (AvgIpc) is 2.84. The van der Waals surface area contributed by atoms with E-state index in [0.717, 1.165) is 25.7 Å². The summed E-state index contributed by atoms with van der Waals surface area (Å²) < 4.78 is 0. The van der Waals surface area contributed by atoms with E-state index in [1.54, 1.807) is 6.08 Å². The molecule has 202 valence electrons. The van der Waals surface area contributed by atoms with Gasteiger partial charge in [-0.3, -0.25) is 4.79 Å². The van der Waals surface area contributed by atoms with Gasteiger partial charge in [0.25, 0.3) is 0 Å². The van der Waals surface area contributed by atoms with Gasteiger partial charge in [-0.15, -0.1) is 0 Å². The highest BCUT2D eigenvalue weighted by Crippen LogP contribution is 2.13. The molecule has 3 N–H and O–H groups in total. The minimum atomic E-state index is -0.829. The summed E-state index contributed by atoms with van der Waals surface area (Å²) in [6.07, 6.45) is 29.9. The summed E-state index contributed by atoms with van der Waals surface area (Å²) in [5, 5.41) is 22.7. The molecule has 2 atom stereocenters. The van der Waals surface area contributed by atoms with E-state index in [4.69, 9.17) is 0 Å². The van der Waals surface area contributed by atoms with Crippen molar-refractivity contribution in [3.05, 3.63) is 12.2 Å². The Labute approximate surface area is 212 Å². The Morgan fingerprint density at radius 3 is 1.53 bits per heavy atom. The molecule has 0 bridgehead atoms. The highest BCUT2D eigenvalue weighted by molar-refractivity contribution is 5.76. The second kappa shape index (κ2) is 26.7. The first-order chi connectivity index (χ1) is 16.7. The zero-order chi connectivity index (χ0) is 25.1. The Morgan fingerprint density at radius 1 is 0.676 bits per heavy atom. The van der Waals surface area contributed by atoms with E-state index in [-0.39, 0.29) is 12.5 Å². The van der Waals surface area contributed by atoms with E-state index >= 15 is 0 Å². The smallest absolute Gasteiger partial charge is 0.220 e. The first-order valence-corrected chi connectivity index (χ1v) is 14.9. The molecule has 0 saturated carbocycles. The van der Waals surface area contributed by atoms with Crippen LogP contribution in [0.1, 0.15) is 155 Å².